The maximum Gasteiger partial charge on any atom is 0.322 e. The van der Waals surface area contributed by atoms with Crippen LogP contribution in [0.15, 0.2) is 42.5 Å². The van der Waals surface area contributed by atoms with E-state index in [0.717, 1.165) is 11.1 Å². The number of fused-ring (bicyclic) bond motifs is 1. The van der Waals surface area contributed by atoms with Crippen LogP contribution in [0.5, 0.6) is 5.75 Å². The molecule has 0 fully saturated rings. The molecule has 1 aliphatic heterocycles. The molecular weight excluding hydrogens is 366 g/mol. The van der Waals surface area contributed by atoms with Gasteiger partial charge in [0.1, 0.15) is 5.75 Å². The third-order valence-electron chi connectivity index (χ3n) is 5.37. The molecule has 0 saturated carbocycles. The summed E-state index contributed by atoms with van der Waals surface area (Å²) in [6.07, 6.45) is 0.786. The van der Waals surface area contributed by atoms with Crippen molar-refractivity contribution in [3.63, 3.8) is 0 Å². The second-order valence-electron chi connectivity index (χ2n) is 6.60. The highest BCUT2D eigenvalue weighted by molar-refractivity contribution is 6.30. The zero-order valence-corrected chi connectivity index (χ0v) is 16.3. The number of hydrogen-bond donors (Lipinski definition) is 1. The largest absolute Gasteiger partial charge is 0.497 e. The van der Waals surface area contributed by atoms with Gasteiger partial charge in [0.05, 0.1) is 14.2 Å². The zero-order chi connectivity index (χ0) is 19.6. The summed E-state index contributed by atoms with van der Waals surface area (Å²) in [5.74, 6) is -0.595. The van der Waals surface area contributed by atoms with Gasteiger partial charge in [-0.05, 0) is 54.3 Å². The number of halogens is 1. The minimum Gasteiger partial charge on any atom is -0.497 e. The summed E-state index contributed by atoms with van der Waals surface area (Å²) >= 11 is 6.17. The fourth-order valence-electron chi connectivity index (χ4n) is 3.85. The number of benzene rings is 2. The first kappa shape index (κ1) is 19.2. The molecular formula is C21H22ClNO4. The first-order valence-corrected chi connectivity index (χ1v) is 9.16. The number of amides is 1. The maximum atomic E-state index is 13.3. The Bertz CT molecular complexity index is 865. The van der Waals surface area contributed by atoms with E-state index in [4.69, 9.17) is 21.1 Å². The SMILES string of the molecule is CCC1(C(=O)OC)C(=O)Nc2ccc(Cl)cc2CC1c1ccc(OC)cc1. The smallest absolute Gasteiger partial charge is 0.322 e. The number of esters is 1. The van der Waals surface area contributed by atoms with E-state index in [9.17, 15) is 9.59 Å². The lowest BCUT2D eigenvalue weighted by molar-refractivity contribution is -0.159. The Balaban J connectivity index is 2.20. The summed E-state index contributed by atoms with van der Waals surface area (Å²) < 4.78 is 10.3. The van der Waals surface area contributed by atoms with Crippen molar-refractivity contribution in [2.45, 2.75) is 25.7 Å². The van der Waals surface area contributed by atoms with Crippen molar-refractivity contribution in [3.8, 4) is 5.75 Å². The highest BCUT2D eigenvalue weighted by Crippen LogP contribution is 2.47. The molecule has 1 aliphatic rings. The first-order chi connectivity index (χ1) is 13.0. The van der Waals surface area contributed by atoms with Crippen molar-refractivity contribution >= 4 is 29.2 Å². The molecule has 3 rings (SSSR count). The van der Waals surface area contributed by atoms with Gasteiger partial charge in [0, 0.05) is 16.6 Å². The van der Waals surface area contributed by atoms with Crippen molar-refractivity contribution in [2.24, 2.45) is 5.41 Å². The monoisotopic (exact) mass is 387 g/mol. The molecule has 0 aromatic heterocycles. The summed E-state index contributed by atoms with van der Waals surface area (Å²) in [4.78, 5) is 26.1. The van der Waals surface area contributed by atoms with Gasteiger partial charge >= 0.3 is 5.97 Å². The molecule has 0 aliphatic carbocycles. The number of rotatable bonds is 4. The molecule has 0 radical (unpaired) electrons. The van der Waals surface area contributed by atoms with Gasteiger partial charge in [-0.25, -0.2) is 0 Å². The van der Waals surface area contributed by atoms with Crippen LogP contribution in [0.2, 0.25) is 5.02 Å². The lowest BCUT2D eigenvalue weighted by atomic mass is 9.67. The lowest BCUT2D eigenvalue weighted by Crippen LogP contribution is -2.47. The lowest BCUT2D eigenvalue weighted by Gasteiger charge is -2.34. The number of anilines is 1. The van der Waals surface area contributed by atoms with Crippen molar-refractivity contribution in [1.29, 1.82) is 0 Å². The molecule has 1 amide bonds. The quantitative estimate of drug-likeness (QED) is 0.630. The Morgan fingerprint density at radius 1 is 1.22 bits per heavy atom. The van der Waals surface area contributed by atoms with Crippen LogP contribution < -0.4 is 10.1 Å². The van der Waals surface area contributed by atoms with Crippen molar-refractivity contribution in [1.82, 2.24) is 0 Å². The Morgan fingerprint density at radius 3 is 2.52 bits per heavy atom. The van der Waals surface area contributed by atoms with Gasteiger partial charge in [0.25, 0.3) is 0 Å². The van der Waals surface area contributed by atoms with Gasteiger partial charge in [0.2, 0.25) is 5.91 Å². The van der Waals surface area contributed by atoms with Crippen LogP contribution in [-0.4, -0.2) is 26.1 Å². The molecule has 2 atom stereocenters. The molecule has 6 heteroatoms. The molecule has 5 nitrogen and oxygen atoms in total. The van der Waals surface area contributed by atoms with E-state index >= 15 is 0 Å². The minimum absolute atomic E-state index is 0.309. The number of nitrogens with one attached hydrogen (secondary N) is 1. The minimum atomic E-state index is -1.34. The number of ether oxygens (including phenoxy) is 2. The van der Waals surface area contributed by atoms with Crippen molar-refractivity contribution in [3.05, 3.63) is 58.6 Å². The summed E-state index contributed by atoms with van der Waals surface area (Å²) in [6.45, 7) is 1.83. The van der Waals surface area contributed by atoms with Crippen LogP contribution in [0.4, 0.5) is 5.69 Å². The van der Waals surface area contributed by atoms with Crippen LogP contribution in [-0.2, 0) is 20.7 Å². The molecule has 1 N–H and O–H groups in total. The molecule has 2 aromatic carbocycles. The standard InChI is InChI=1S/C21H22ClNO4/c1-4-21(20(25)27-3)17(13-5-8-16(26-2)9-6-13)12-14-11-15(22)7-10-18(14)23-19(21)24/h5-11,17H,4,12H2,1-3H3,(H,23,24). The topological polar surface area (TPSA) is 64.6 Å². The summed E-state index contributed by atoms with van der Waals surface area (Å²) in [5.41, 5.74) is 1.08. The van der Waals surface area contributed by atoms with Crippen molar-refractivity contribution in [2.75, 3.05) is 19.5 Å². The fourth-order valence-corrected chi connectivity index (χ4v) is 4.04. The van der Waals surface area contributed by atoms with Crippen LogP contribution >= 0.6 is 11.6 Å². The Hall–Kier alpha value is -2.53. The van der Waals surface area contributed by atoms with Crippen LogP contribution in [0.25, 0.3) is 0 Å². The number of hydrogen-bond acceptors (Lipinski definition) is 4. The summed E-state index contributed by atoms with van der Waals surface area (Å²) in [7, 11) is 2.91. The number of methoxy groups -OCH3 is 2. The summed E-state index contributed by atoms with van der Waals surface area (Å²) in [6, 6.07) is 12.8. The van der Waals surface area contributed by atoms with E-state index < -0.39 is 17.3 Å². The molecule has 0 spiro atoms. The average molecular weight is 388 g/mol. The van der Waals surface area contributed by atoms with E-state index in [2.05, 4.69) is 5.32 Å². The van der Waals surface area contributed by atoms with E-state index in [1.165, 1.54) is 7.11 Å². The van der Waals surface area contributed by atoms with Gasteiger partial charge < -0.3 is 14.8 Å². The van der Waals surface area contributed by atoms with Crippen LogP contribution in [0, 0.1) is 5.41 Å². The maximum absolute atomic E-state index is 13.3. The molecule has 0 bridgehead atoms. The Morgan fingerprint density at radius 2 is 1.93 bits per heavy atom. The van der Waals surface area contributed by atoms with Crippen molar-refractivity contribution < 1.29 is 19.1 Å². The van der Waals surface area contributed by atoms with Gasteiger partial charge in [0.15, 0.2) is 5.41 Å². The third-order valence-corrected chi connectivity index (χ3v) is 5.60. The van der Waals surface area contributed by atoms with Gasteiger partial charge in [-0.1, -0.05) is 30.7 Å². The second kappa shape index (κ2) is 7.61. The Labute approximate surface area is 163 Å². The molecule has 1 heterocycles. The molecule has 142 valence electrons. The van der Waals surface area contributed by atoms with Gasteiger partial charge in [-0.2, -0.15) is 0 Å². The second-order valence-corrected chi connectivity index (χ2v) is 7.04. The summed E-state index contributed by atoms with van der Waals surface area (Å²) in [5, 5.41) is 3.49. The first-order valence-electron chi connectivity index (χ1n) is 8.78. The zero-order valence-electron chi connectivity index (χ0n) is 15.5. The predicted octanol–water partition coefficient (Wildman–Crippen LogP) is 4.20. The normalized spacial score (nSPS) is 21.6. The molecule has 2 unspecified atom stereocenters. The number of carbonyl (C=O) groups excluding carboxylic acids is 2. The van der Waals surface area contributed by atoms with Gasteiger partial charge in [-0.3, -0.25) is 9.59 Å². The van der Waals surface area contributed by atoms with E-state index in [-0.39, 0.29) is 5.91 Å². The molecule has 27 heavy (non-hydrogen) atoms. The van der Waals surface area contributed by atoms with E-state index in [1.807, 2.05) is 37.3 Å². The molecule has 0 saturated heterocycles. The van der Waals surface area contributed by atoms with Crippen LogP contribution in [0.1, 0.15) is 30.4 Å². The van der Waals surface area contributed by atoms with E-state index in [1.54, 1.807) is 19.2 Å². The fraction of sp³-hybridized carbons (Fsp3) is 0.333. The van der Waals surface area contributed by atoms with Gasteiger partial charge in [-0.15, -0.1) is 0 Å². The third kappa shape index (κ3) is 3.28. The van der Waals surface area contributed by atoms with E-state index in [0.29, 0.717) is 29.3 Å². The average Bonchev–Trinajstić information content (AvgIpc) is 2.81. The number of carbonyl (C=O) groups is 2. The Kier molecular flexibility index (Phi) is 5.42. The highest BCUT2D eigenvalue weighted by atomic mass is 35.5. The molecule has 2 aromatic rings. The highest BCUT2D eigenvalue weighted by Gasteiger charge is 2.53. The van der Waals surface area contributed by atoms with Crippen LogP contribution in [0.3, 0.4) is 0 Å². The predicted molar refractivity (Wildman–Crippen MR) is 104 cm³/mol.